The number of hydrogen-bond acceptors (Lipinski definition) is 3. The molecule has 0 spiro atoms. The van der Waals surface area contributed by atoms with E-state index in [-0.39, 0.29) is 18.4 Å². The van der Waals surface area contributed by atoms with Crippen LogP contribution in [-0.4, -0.2) is 54.4 Å². The summed E-state index contributed by atoms with van der Waals surface area (Å²) in [6.45, 7) is 3.60. The molecule has 1 heterocycles. The molecule has 136 valence electrons. The molecule has 0 radical (unpaired) electrons. The Kier molecular flexibility index (Phi) is 5.61. The SMILES string of the molecule is COc1cc(CCC(=O)N2CCN(C3CCCC3)C(=O)C2)ccc1C. The molecule has 1 aliphatic carbocycles. The number of amides is 2. The van der Waals surface area contributed by atoms with Gasteiger partial charge in [-0.05, 0) is 43.4 Å². The van der Waals surface area contributed by atoms with Gasteiger partial charge in [0.15, 0.2) is 0 Å². The Morgan fingerprint density at radius 3 is 2.68 bits per heavy atom. The summed E-state index contributed by atoms with van der Waals surface area (Å²) in [5.41, 5.74) is 2.18. The number of rotatable bonds is 5. The topological polar surface area (TPSA) is 49.9 Å². The Morgan fingerprint density at radius 1 is 1.24 bits per heavy atom. The highest BCUT2D eigenvalue weighted by molar-refractivity contribution is 5.86. The van der Waals surface area contributed by atoms with E-state index in [9.17, 15) is 9.59 Å². The van der Waals surface area contributed by atoms with Gasteiger partial charge in [0.2, 0.25) is 11.8 Å². The van der Waals surface area contributed by atoms with E-state index >= 15 is 0 Å². The lowest BCUT2D eigenvalue weighted by molar-refractivity contribution is -0.147. The van der Waals surface area contributed by atoms with E-state index in [4.69, 9.17) is 4.74 Å². The van der Waals surface area contributed by atoms with E-state index in [1.807, 2.05) is 30.0 Å². The highest BCUT2D eigenvalue weighted by atomic mass is 16.5. The fourth-order valence-electron chi connectivity index (χ4n) is 3.93. The first-order valence-electron chi connectivity index (χ1n) is 9.29. The van der Waals surface area contributed by atoms with Crippen LogP contribution >= 0.6 is 0 Å². The molecule has 5 heteroatoms. The van der Waals surface area contributed by atoms with Crippen molar-refractivity contribution in [3.63, 3.8) is 0 Å². The van der Waals surface area contributed by atoms with E-state index in [1.54, 1.807) is 12.0 Å². The minimum Gasteiger partial charge on any atom is -0.496 e. The Labute approximate surface area is 149 Å². The molecule has 1 aromatic rings. The Bertz CT molecular complexity index is 638. The van der Waals surface area contributed by atoms with Gasteiger partial charge in [0, 0.05) is 25.6 Å². The zero-order valence-electron chi connectivity index (χ0n) is 15.3. The Morgan fingerprint density at radius 2 is 2.00 bits per heavy atom. The lowest BCUT2D eigenvalue weighted by Gasteiger charge is -2.37. The summed E-state index contributed by atoms with van der Waals surface area (Å²) < 4.78 is 5.34. The van der Waals surface area contributed by atoms with E-state index in [0.717, 1.165) is 29.7 Å². The largest absolute Gasteiger partial charge is 0.496 e. The summed E-state index contributed by atoms with van der Waals surface area (Å²) in [7, 11) is 1.66. The molecule has 0 unspecified atom stereocenters. The van der Waals surface area contributed by atoms with Gasteiger partial charge in [-0.2, -0.15) is 0 Å². The van der Waals surface area contributed by atoms with Crippen molar-refractivity contribution in [3.05, 3.63) is 29.3 Å². The zero-order chi connectivity index (χ0) is 17.8. The second-order valence-corrected chi connectivity index (χ2v) is 7.14. The van der Waals surface area contributed by atoms with Gasteiger partial charge in [-0.3, -0.25) is 9.59 Å². The highest BCUT2D eigenvalue weighted by Crippen LogP contribution is 2.25. The number of carbonyl (C=O) groups excluding carboxylic acids is 2. The third-order valence-electron chi connectivity index (χ3n) is 5.48. The lowest BCUT2D eigenvalue weighted by atomic mass is 10.1. The Balaban J connectivity index is 1.51. The lowest BCUT2D eigenvalue weighted by Crippen LogP contribution is -2.54. The number of hydrogen-bond donors (Lipinski definition) is 0. The molecular weight excluding hydrogens is 316 g/mol. The van der Waals surface area contributed by atoms with Gasteiger partial charge in [-0.15, -0.1) is 0 Å². The number of piperazine rings is 1. The first kappa shape index (κ1) is 17.8. The average Bonchev–Trinajstić information content (AvgIpc) is 3.15. The molecule has 0 atom stereocenters. The van der Waals surface area contributed by atoms with Crippen LogP contribution in [0.1, 0.15) is 43.2 Å². The summed E-state index contributed by atoms with van der Waals surface area (Å²) in [6.07, 6.45) is 5.79. The standard InChI is InChI=1S/C20H28N2O3/c1-15-7-8-16(13-18(15)25-2)9-10-19(23)21-11-12-22(20(24)14-21)17-5-3-4-6-17/h7-8,13,17H,3-6,9-12,14H2,1-2H3. The first-order valence-corrected chi connectivity index (χ1v) is 9.29. The molecule has 2 aliphatic rings. The van der Waals surface area contributed by atoms with Crippen LogP contribution in [0.4, 0.5) is 0 Å². The molecule has 1 aliphatic heterocycles. The summed E-state index contributed by atoms with van der Waals surface area (Å²) >= 11 is 0. The number of aryl methyl sites for hydroxylation is 2. The predicted octanol–water partition coefficient (Wildman–Crippen LogP) is 2.55. The molecule has 5 nitrogen and oxygen atoms in total. The van der Waals surface area contributed by atoms with Crippen LogP contribution in [0.3, 0.4) is 0 Å². The van der Waals surface area contributed by atoms with Gasteiger partial charge in [-0.25, -0.2) is 0 Å². The van der Waals surface area contributed by atoms with Gasteiger partial charge >= 0.3 is 0 Å². The second kappa shape index (κ2) is 7.89. The van der Waals surface area contributed by atoms with Crippen LogP contribution in [0.25, 0.3) is 0 Å². The smallest absolute Gasteiger partial charge is 0.242 e. The van der Waals surface area contributed by atoms with Crippen LogP contribution < -0.4 is 4.74 Å². The molecule has 1 saturated carbocycles. The third kappa shape index (κ3) is 4.14. The molecule has 0 aromatic heterocycles. The van der Waals surface area contributed by atoms with Crippen molar-refractivity contribution < 1.29 is 14.3 Å². The minimum atomic E-state index is 0.0685. The van der Waals surface area contributed by atoms with Crippen molar-refractivity contribution in [2.75, 3.05) is 26.7 Å². The Hall–Kier alpha value is -2.04. The number of ether oxygens (including phenoxy) is 1. The van der Waals surface area contributed by atoms with Gasteiger partial charge in [0.1, 0.15) is 5.75 Å². The summed E-state index contributed by atoms with van der Waals surface area (Å²) in [5.74, 6) is 1.03. The van der Waals surface area contributed by atoms with Gasteiger partial charge in [0.05, 0.1) is 13.7 Å². The van der Waals surface area contributed by atoms with Crippen molar-refractivity contribution in [2.45, 2.75) is 51.5 Å². The van der Waals surface area contributed by atoms with E-state index in [1.165, 1.54) is 12.8 Å². The average molecular weight is 344 g/mol. The molecule has 3 rings (SSSR count). The molecule has 0 N–H and O–H groups in total. The van der Waals surface area contributed by atoms with Crippen LogP contribution in [0, 0.1) is 6.92 Å². The van der Waals surface area contributed by atoms with Crippen molar-refractivity contribution in [3.8, 4) is 5.75 Å². The van der Waals surface area contributed by atoms with E-state index in [2.05, 4.69) is 0 Å². The van der Waals surface area contributed by atoms with Crippen molar-refractivity contribution in [2.24, 2.45) is 0 Å². The molecule has 1 aromatic carbocycles. The van der Waals surface area contributed by atoms with Gasteiger partial charge in [-0.1, -0.05) is 25.0 Å². The summed E-state index contributed by atoms with van der Waals surface area (Å²) in [5, 5.41) is 0. The van der Waals surface area contributed by atoms with Crippen molar-refractivity contribution >= 4 is 11.8 Å². The molecular formula is C20H28N2O3. The molecule has 1 saturated heterocycles. The maximum Gasteiger partial charge on any atom is 0.242 e. The predicted molar refractivity (Wildman–Crippen MR) is 96.6 cm³/mol. The van der Waals surface area contributed by atoms with Crippen LogP contribution in [0.5, 0.6) is 5.75 Å². The van der Waals surface area contributed by atoms with E-state index < -0.39 is 0 Å². The fourth-order valence-corrected chi connectivity index (χ4v) is 3.93. The van der Waals surface area contributed by atoms with Crippen LogP contribution in [-0.2, 0) is 16.0 Å². The monoisotopic (exact) mass is 344 g/mol. The number of methoxy groups -OCH3 is 1. The zero-order valence-corrected chi connectivity index (χ0v) is 15.3. The second-order valence-electron chi connectivity index (χ2n) is 7.14. The van der Waals surface area contributed by atoms with Crippen LogP contribution in [0.15, 0.2) is 18.2 Å². The summed E-state index contributed by atoms with van der Waals surface area (Å²) in [6, 6.07) is 6.45. The van der Waals surface area contributed by atoms with Gasteiger partial charge in [0.25, 0.3) is 0 Å². The van der Waals surface area contributed by atoms with Crippen molar-refractivity contribution in [1.29, 1.82) is 0 Å². The molecule has 0 bridgehead atoms. The number of carbonyl (C=O) groups is 2. The van der Waals surface area contributed by atoms with Gasteiger partial charge < -0.3 is 14.5 Å². The third-order valence-corrected chi connectivity index (χ3v) is 5.48. The minimum absolute atomic E-state index is 0.0685. The van der Waals surface area contributed by atoms with Crippen LogP contribution in [0.2, 0.25) is 0 Å². The normalized spacial score (nSPS) is 18.7. The molecule has 25 heavy (non-hydrogen) atoms. The number of nitrogens with zero attached hydrogens (tertiary/aromatic N) is 2. The summed E-state index contributed by atoms with van der Waals surface area (Å²) in [4.78, 5) is 28.6. The fraction of sp³-hybridized carbons (Fsp3) is 0.600. The quantitative estimate of drug-likeness (QED) is 0.825. The maximum absolute atomic E-state index is 12.5. The highest BCUT2D eigenvalue weighted by Gasteiger charge is 2.32. The first-order chi connectivity index (χ1) is 12.1. The molecule has 2 amide bonds. The van der Waals surface area contributed by atoms with Crippen molar-refractivity contribution in [1.82, 2.24) is 9.80 Å². The molecule has 2 fully saturated rings. The maximum atomic E-state index is 12.5. The van der Waals surface area contributed by atoms with E-state index in [0.29, 0.717) is 32.0 Å². The number of benzene rings is 1.